The third-order valence-electron chi connectivity index (χ3n) is 4.14. The van der Waals surface area contributed by atoms with Gasteiger partial charge in [-0.25, -0.2) is 4.98 Å². The Labute approximate surface area is 157 Å². The number of amides is 1. The van der Waals surface area contributed by atoms with Gasteiger partial charge in [0.2, 0.25) is 0 Å². The molecular weight excluding hydrogens is 342 g/mol. The largest absolute Gasteiger partial charge is 0.486 e. The van der Waals surface area contributed by atoms with Crippen LogP contribution in [0.2, 0.25) is 0 Å². The highest BCUT2D eigenvalue weighted by atomic mass is 16.6. The van der Waals surface area contributed by atoms with Gasteiger partial charge in [-0.15, -0.1) is 0 Å². The fourth-order valence-corrected chi connectivity index (χ4v) is 2.75. The van der Waals surface area contributed by atoms with Gasteiger partial charge in [0.1, 0.15) is 18.9 Å². The van der Waals surface area contributed by atoms with Crippen molar-refractivity contribution in [2.45, 2.75) is 6.54 Å². The highest BCUT2D eigenvalue weighted by Gasteiger charge is 2.14. The Kier molecular flexibility index (Phi) is 4.87. The Hall–Kier alpha value is -3.54. The van der Waals surface area contributed by atoms with Gasteiger partial charge < -0.3 is 20.1 Å². The number of pyridine rings is 1. The summed E-state index contributed by atoms with van der Waals surface area (Å²) in [6, 6.07) is 18.9. The van der Waals surface area contributed by atoms with E-state index in [-0.39, 0.29) is 5.91 Å². The quantitative estimate of drug-likeness (QED) is 0.725. The van der Waals surface area contributed by atoms with Gasteiger partial charge in [0.05, 0.1) is 11.9 Å². The Morgan fingerprint density at radius 1 is 0.926 bits per heavy atom. The van der Waals surface area contributed by atoms with Crippen molar-refractivity contribution >= 4 is 17.3 Å². The minimum Gasteiger partial charge on any atom is -0.486 e. The number of carbonyl (C=O) groups is 1. The van der Waals surface area contributed by atoms with Gasteiger partial charge in [0, 0.05) is 18.3 Å². The van der Waals surface area contributed by atoms with Crippen LogP contribution >= 0.6 is 0 Å². The van der Waals surface area contributed by atoms with Gasteiger partial charge in [0.25, 0.3) is 5.91 Å². The normalized spacial score (nSPS) is 12.3. The van der Waals surface area contributed by atoms with E-state index in [4.69, 9.17) is 9.47 Å². The summed E-state index contributed by atoms with van der Waals surface area (Å²) >= 11 is 0. The molecule has 3 aromatic rings. The number of carbonyl (C=O) groups excluding carboxylic acids is 1. The van der Waals surface area contributed by atoms with Gasteiger partial charge >= 0.3 is 0 Å². The molecule has 0 saturated carbocycles. The molecule has 0 aliphatic carbocycles. The molecule has 1 aliphatic heterocycles. The molecule has 0 bridgehead atoms. The second-order valence-electron chi connectivity index (χ2n) is 6.08. The van der Waals surface area contributed by atoms with Crippen LogP contribution in [-0.2, 0) is 6.54 Å². The molecule has 4 rings (SSSR count). The zero-order chi connectivity index (χ0) is 18.5. The van der Waals surface area contributed by atoms with Crippen molar-refractivity contribution in [3.05, 3.63) is 78.1 Å². The average molecular weight is 361 g/mol. The molecule has 6 heteroatoms. The van der Waals surface area contributed by atoms with E-state index in [0.717, 1.165) is 5.69 Å². The second kappa shape index (κ2) is 7.78. The van der Waals surface area contributed by atoms with E-state index in [1.165, 1.54) is 5.56 Å². The van der Waals surface area contributed by atoms with Crippen LogP contribution in [0, 0.1) is 0 Å². The zero-order valence-electron chi connectivity index (χ0n) is 14.6. The van der Waals surface area contributed by atoms with E-state index in [1.54, 1.807) is 30.5 Å². The summed E-state index contributed by atoms with van der Waals surface area (Å²) in [6.45, 7) is 1.74. The van der Waals surface area contributed by atoms with Crippen LogP contribution < -0.4 is 20.1 Å². The summed E-state index contributed by atoms with van der Waals surface area (Å²) in [5.41, 5.74) is 3.01. The van der Waals surface area contributed by atoms with Gasteiger partial charge in [0.15, 0.2) is 11.5 Å². The van der Waals surface area contributed by atoms with Crippen molar-refractivity contribution in [1.82, 2.24) is 4.98 Å². The molecule has 0 fully saturated rings. The number of hydrogen-bond acceptors (Lipinski definition) is 5. The van der Waals surface area contributed by atoms with Gasteiger partial charge in [-0.05, 0) is 29.8 Å². The summed E-state index contributed by atoms with van der Waals surface area (Å²) in [5, 5.41) is 6.11. The van der Waals surface area contributed by atoms with E-state index >= 15 is 0 Å². The lowest BCUT2D eigenvalue weighted by atomic mass is 10.2. The maximum absolute atomic E-state index is 12.4. The molecule has 0 radical (unpaired) electrons. The van der Waals surface area contributed by atoms with Crippen LogP contribution in [0.5, 0.6) is 11.5 Å². The van der Waals surface area contributed by atoms with Crippen molar-refractivity contribution < 1.29 is 14.3 Å². The molecule has 27 heavy (non-hydrogen) atoms. The molecule has 2 aromatic carbocycles. The number of rotatable bonds is 5. The van der Waals surface area contributed by atoms with Crippen molar-refractivity contribution in [2.24, 2.45) is 0 Å². The monoisotopic (exact) mass is 361 g/mol. The number of nitrogens with one attached hydrogen (secondary N) is 2. The fraction of sp³-hybridized carbons (Fsp3) is 0.143. The van der Waals surface area contributed by atoms with Crippen LogP contribution in [0.3, 0.4) is 0 Å². The molecule has 0 saturated heterocycles. The lowest BCUT2D eigenvalue weighted by molar-refractivity contribution is 0.102. The standard InChI is InChI=1S/C21H19N3O3/c25-21(24-16-7-9-19-20(12-16)27-11-10-26-19)18-8-6-17(14-23-18)22-13-15-4-2-1-3-5-15/h1-9,12,14,22H,10-11,13H2,(H,24,25). The van der Waals surface area contributed by atoms with E-state index < -0.39 is 0 Å². The SMILES string of the molecule is O=C(Nc1ccc2c(c1)OCCO2)c1ccc(NCc2ccccc2)cn1. The fourth-order valence-electron chi connectivity index (χ4n) is 2.75. The van der Waals surface area contributed by atoms with Crippen molar-refractivity contribution in [3.8, 4) is 11.5 Å². The zero-order valence-corrected chi connectivity index (χ0v) is 14.6. The predicted molar refractivity (Wildman–Crippen MR) is 103 cm³/mol. The van der Waals surface area contributed by atoms with Crippen LogP contribution in [0.1, 0.15) is 16.1 Å². The minimum atomic E-state index is -0.277. The Bertz CT molecular complexity index is 927. The van der Waals surface area contributed by atoms with Gasteiger partial charge in [-0.2, -0.15) is 0 Å². The smallest absolute Gasteiger partial charge is 0.274 e. The number of benzene rings is 2. The lowest BCUT2D eigenvalue weighted by Crippen LogP contribution is -2.17. The molecule has 2 heterocycles. The number of hydrogen-bond donors (Lipinski definition) is 2. The molecule has 0 spiro atoms. The number of fused-ring (bicyclic) bond motifs is 1. The topological polar surface area (TPSA) is 72.5 Å². The first-order valence-electron chi connectivity index (χ1n) is 8.73. The highest BCUT2D eigenvalue weighted by molar-refractivity contribution is 6.03. The highest BCUT2D eigenvalue weighted by Crippen LogP contribution is 2.32. The minimum absolute atomic E-state index is 0.277. The third kappa shape index (κ3) is 4.17. The first-order valence-corrected chi connectivity index (χ1v) is 8.73. The van der Waals surface area contributed by atoms with Gasteiger partial charge in [-0.3, -0.25) is 4.79 Å². The molecule has 6 nitrogen and oxygen atoms in total. The molecule has 136 valence electrons. The van der Waals surface area contributed by atoms with Crippen LogP contribution in [-0.4, -0.2) is 24.1 Å². The number of ether oxygens (including phenoxy) is 2. The van der Waals surface area contributed by atoms with Crippen molar-refractivity contribution in [1.29, 1.82) is 0 Å². The maximum Gasteiger partial charge on any atom is 0.274 e. The Morgan fingerprint density at radius 2 is 1.70 bits per heavy atom. The summed E-state index contributed by atoms with van der Waals surface area (Å²) in [6.07, 6.45) is 1.65. The van der Waals surface area contributed by atoms with E-state index in [0.29, 0.717) is 42.6 Å². The van der Waals surface area contributed by atoms with Crippen molar-refractivity contribution in [3.63, 3.8) is 0 Å². The Balaban J connectivity index is 1.37. The average Bonchev–Trinajstić information content (AvgIpc) is 2.73. The number of anilines is 2. The number of nitrogens with zero attached hydrogens (tertiary/aromatic N) is 1. The molecule has 1 aromatic heterocycles. The first-order chi connectivity index (χ1) is 13.3. The molecule has 1 amide bonds. The second-order valence-corrected chi connectivity index (χ2v) is 6.08. The van der Waals surface area contributed by atoms with Crippen LogP contribution in [0.15, 0.2) is 66.9 Å². The molecule has 0 atom stereocenters. The Morgan fingerprint density at radius 3 is 2.48 bits per heavy atom. The predicted octanol–water partition coefficient (Wildman–Crippen LogP) is 3.72. The maximum atomic E-state index is 12.4. The van der Waals surface area contributed by atoms with Gasteiger partial charge in [-0.1, -0.05) is 30.3 Å². The molecule has 2 N–H and O–H groups in total. The van der Waals surface area contributed by atoms with Crippen molar-refractivity contribution in [2.75, 3.05) is 23.8 Å². The third-order valence-corrected chi connectivity index (χ3v) is 4.14. The van der Waals surface area contributed by atoms with E-state index in [2.05, 4.69) is 27.8 Å². The number of aromatic nitrogens is 1. The van der Waals surface area contributed by atoms with E-state index in [1.807, 2.05) is 24.3 Å². The molecule has 1 aliphatic rings. The summed E-state index contributed by atoms with van der Waals surface area (Å²) < 4.78 is 11.0. The lowest BCUT2D eigenvalue weighted by Gasteiger charge is -2.19. The van der Waals surface area contributed by atoms with Crippen LogP contribution in [0.4, 0.5) is 11.4 Å². The molecular formula is C21H19N3O3. The summed E-state index contributed by atoms with van der Waals surface area (Å²) in [5.74, 6) is 1.04. The van der Waals surface area contributed by atoms with Crippen LogP contribution in [0.25, 0.3) is 0 Å². The summed E-state index contributed by atoms with van der Waals surface area (Å²) in [7, 11) is 0. The van der Waals surface area contributed by atoms with E-state index in [9.17, 15) is 4.79 Å². The summed E-state index contributed by atoms with van der Waals surface area (Å²) in [4.78, 5) is 16.7. The molecule has 0 unspecified atom stereocenters. The first kappa shape index (κ1) is 16.9.